The van der Waals surface area contributed by atoms with E-state index in [1.54, 1.807) is 13.0 Å². The van der Waals surface area contributed by atoms with Crippen LogP contribution in [-0.4, -0.2) is 10.9 Å². The second-order valence-corrected chi connectivity index (χ2v) is 3.00. The summed E-state index contributed by atoms with van der Waals surface area (Å²) in [5.74, 6) is -0.0909. The van der Waals surface area contributed by atoms with Gasteiger partial charge in [0.1, 0.15) is 5.76 Å². The molecule has 0 unspecified atom stereocenters. The molecule has 13 heavy (non-hydrogen) atoms. The van der Waals surface area contributed by atoms with Crippen molar-refractivity contribution < 1.29 is 9.90 Å². The molecule has 0 bridgehead atoms. The molecule has 1 N–H and O–H groups in total. The van der Waals surface area contributed by atoms with Crippen molar-refractivity contribution >= 4 is 5.78 Å². The third-order valence-electron chi connectivity index (χ3n) is 1.53. The number of rotatable bonds is 4. The fourth-order valence-electron chi connectivity index (χ4n) is 0.903. The highest BCUT2D eigenvalue weighted by molar-refractivity contribution is 5.98. The molecule has 0 aromatic carbocycles. The Labute approximate surface area is 79.3 Å². The third-order valence-corrected chi connectivity index (χ3v) is 1.53. The van der Waals surface area contributed by atoms with Crippen LogP contribution in [0.1, 0.15) is 27.2 Å². The molecule has 2 nitrogen and oxygen atoms in total. The van der Waals surface area contributed by atoms with E-state index in [1.807, 2.05) is 13.8 Å². The minimum atomic E-state index is -0.0926. The first-order chi connectivity index (χ1) is 6.02. The summed E-state index contributed by atoms with van der Waals surface area (Å²) in [7, 11) is 0. The Balaban J connectivity index is 5.01. The summed E-state index contributed by atoms with van der Waals surface area (Å²) in [6, 6.07) is 0. The van der Waals surface area contributed by atoms with E-state index < -0.39 is 0 Å². The summed E-state index contributed by atoms with van der Waals surface area (Å²) in [4.78, 5) is 11.2. The van der Waals surface area contributed by atoms with Crippen molar-refractivity contribution in [2.45, 2.75) is 27.2 Å². The van der Waals surface area contributed by atoms with Crippen LogP contribution in [0.4, 0.5) is 0 Å². The Morgan fingerprint density at radius 3 is 2.31 bits per heavy atom. The molecule has 0 aromatic heterocycles. The summed E-state index contributed by atoms with van der Waals surface area (Å²) < 4.78 is 0. The van der Waals surface area contributed by atoms with Gasteiger partial charge in [-0.1, -0.05) is 25.2 Å². The highest BCUT2D eigenvalue weighted by Crippen LogP contribution is 2.09. The van der Waals surface area contributed by atoms with Gasteiger partial charge in [-0.3, -0.25) is 4.79 Å². The van der Waals surface area contributed by atoms with Crippen LogP contribution in [0.2, 0.25) is 0 Å². The molecule has 0 spiro atoms. The van der Waals surface area contributed by atoms with E-state index in [0.29, 0.717) is 12.0 Å². The lowest BCUT2D eigenvalue weighted by Gasteiger charge is -2.00. The molecular weight excluding hydrogens is 164 g/mol. The van der Waals surface area contributed by atoms with Crippen LogP contribution >= 0.6 is 0 Å². The summed E-state index contributed by atoms with van der Waals surface area (Å²) in [5.41, 5.74) is 1.24. The summed E-state index contributed by atoms with van der Waals surface area (Å²) in [5, 5.41) is 9.49. The monoisotopic (exact) mass is 180 g/mol. The summed E-state index contributed by atoms with van der Waals surface area (Å²) in [6.07, 6.45) is 3.33. The second kappa shape index (κ2) is 5.36. The van der Waals surface area contributed by atoms with Crippen LogP contribution in [0.25, 0.3) is 0 Å². The minimum absolute atomic E-state index is 0.00171. The molecule has 0 fully saturated rings. The predicted octanol–water partition coefficient (Wildman–Crippen LogP) is 2.93. The van der Waals surface area contributed by atoms with Gasteiger partial charge in [-0.15, -0.1) is 0 Å². The van der Waals surface area contributed by atoms with Gasteiger partial charge in [-0.2, -0.15) is 0 Å². The number of hydrogen-bond acceptors (Lipinski definition) is 2. The van der Waals surface area contributed by atoms with Crippen molar-refractivity contribution in [2.24, 2.45) is 0 Å². The maximum absolute atomic E-state index is 11.2. The number of carbonyl (C=O) groups is 1. The Hall–Kier alpha value is -1.31. The maximum Gasteiger partial charge on any atom is 0.166 e. The normalized spacial score (nSPS) is 11.6. The number of carbonyl (C=O) groups excluding carboxylic acids is 1. The smallest absolute Gasteiger partial charge is 0.166 e. The number of ketones is 1. The zero-order chi connectivity index (χ0) is 10.4. The van der Waals surface area contributed by atoms with E-state index in [9.17, 15) is 9.90 Å². The highest BCUT2D eigenvalue weighted by Gasteiger charge is 2.07. The first-order valence-corrected chi connectivity index (χ1v) is 4.26. The van der Waals surface area contributed by atoms with Crippen LogP contribution in [0.5, 0.6) is 0 Å². The molecule has 0 rings (SSSR count). The molecule has 0 saturated carbocycles. The minimum Gasteiger partial charge on any atom is -0.507 e. The first kappa shape index (κ1) is 11.7. The fraction of sp³-hybridized carbons (Fsp3) is 0.364. The topological polar surface area (TPSA) is 37.3 Å². The van der Waals surface area contributed by atoms with Gasteiger partial charge in [0.25, 0.3) is 0 Å². The second-order valence-electron chi connectivity index (χ2n) is 3.00. The molecular formula is C11H16O2. The maximum atomic E-state index is 11.2. The Morgan fingerprint density at radius 2 is 2.00 bits per heavy atom. The molecule has 0 heterocycles. The number of aliphatic hydroxyl groups excluding tert-OH is 1. The van der Waals surface area contributed by atoms with Crippen molar-refractivity contribution in [1.82, 2.24) is 0 Å². The SMILES string of the molecule is C=C/C(C(=O)CC)=C(/O)C=C(C)C. The average molecular weight is 180 g/mol. The molecule has 0 aromatic rings. The van der Waals surface area contributed by atoms with Crippen molar-refractivity contribution in [3.8, 4) is 0 Å². The molecule has 0 amide bonds. The molecule has 0 aliphatic carbocycles. The highest BCUT2D eigenvalue weighted by atomic mass is 16.3. The van der Waals surface area contributed by atoms with E-state index in [-0.39, 0.29) is 11.5 Å². The first-order valence-electron chi connectivity index (χ1n) is 4.26. The predicted molar refractivity (Wildman–Crippen MR) is 54.6 cm³/mol. The largest absolute Gasteiger partial charge is 0.507 e. The van der Waals surface area contributed by atoms with Crippen molar-refractivity contribution in [2.75, 3.05) is 0 Å². The summed E-state index contributed by atoms with van der Waals surface area (Å²) in [6.45, 7) is 8.95. The zero-order valence-corrected chi connectivity index (χ0v) is 8.42. The van der Waals surface area contributed by atoms with Gasteiger partial charge in [0.05, 0.1) is 5.57 Å². The molecule has 0 atom stereocenters. The molecule has 0 radical (unpaired) electrons. The average Bonchev–Trinajstić information content (AvgIpc) is 2.03. The lowest BCUT2D eigenvalue weighted by Crippen LogP contribution is -2.01. The van der Waals surface area contributed by atoms with Crippen LogP contribution in [0.3, 0.4) is 0 Å². The van der Waals surface area contributed by atoms with E-state index in [4.69, 9.17) is 0 Å². The number of aliphatic hydroxyl groups is 1. The Bertz CT molecular complexity index is 266. The van der Waals surface area contributed by atoms with Crippen LogP contribution < -0.4 is 0 Å². The third kappa shape index (κ3) is 3.74. The van der Waals surface area contributed by atoms with Gasteiger partial charge < -0.3 is 5.11 Å². The number of Topliss-reactive ketones (excluding diaryl/α,β-unsaturated/α-hetero) is 1. The van der Waals surface area contributed by atoms with Crippen molar-refractivity contribution in [1.29, 1.82) is 0 Å². The quantitative estimate of drug-likeness (QED) is 0.410. The standard InChI is InChI=1S/C11H16O2/c1-5-9(10(12)6-2)11(13)7-8(3)4/h5,7,13H,1,6H2,2-4H3/b11-9-. The van der Waals surface area contributed by atoms with Gasteiger partial charge in [0.2, 0.25) is 0 Å². The van der Waals surface area contributed by atoms with Gasteiger partial charge in [-0.25, -0.2) is 0 Å². The van der Waals surface area contributed by atoms with Gasteiger partial charge in [-0.05, 0) is 19.9 Å². The van der Waals surface area contributed by atoms with Crippen LogP contribution in [0.15, 0.2) is 35.6 Å². The van der Waals surface area contributed by atoms with E-state index in [0.717, 1.165) is 5.57 Å². The number of allylic oxidation sites excluding steroid dienone is 4. The molecule has 0 aliphatic heterocycles. The molecule has 0 aliphatic rings. The van der Waals surface area contributed by atoms with Crippen LogP contribution in [-0.2, 0) is 4.79 Å². The summed E-state index contributed by atoms with van der Waals surface area (Å²) >= 11 is 0. The van der Waals surface area contributed by atoms with Crippen molar-refractivity contribution in [3.05, 3.63) is 35.6 Å². The zero-order valence-electron chi connectivity index (χ0n) is 8.42. The molecule has 0 saturated heterocycles. The van der Waals surface area contributed by atoms with E-state index in [2.05, 4.69) is 6.58 Å². The molecule has 72 valence electrons. The van der Waals surface area contributed by atoms with Gasteiger partial charge >= 0.3 is 0 Å². The lowest BCUT2D eigenvalue weighted by atomic mass is 10.1. The van der Waals surface area contributed by atoms with E-state index >= 15 is 0 Å². The number of hydrogen-bond donors (Lipinski definition) is 1. The van der Waals surface area contributed by atoms with Gasteiger partial charge in [0, 0.05) is 6.42 Å². The van der Waals surface area contributed by atoms with Gasteiger partial charge in [0.15, 0.2) is 5.78 Å². The van der Waals surface area contributed by atoms with Crippen molar-refractivity contribution in [3.63, 3.8) is 0 Å². The Kier molecular flexibility index (Phi) is 4.82. The Morgan fingerprint density at radius 1 is 1.46 bits per heavy atom. The van der Waals surface area contributed by atoms with Crippen LogP contribution in [0, 0.1) is 0 Å². The molecule has 2 heteroatoms. The van der Waals surface area contributed by atoms with E-state index in [1.165, 1.54) is 6.08 Å². The fourth-order valence-corrected chi connectivity index (χ4v) is 0.903. The lowest BCUT2D eigenvalue weighted by molar-refractivity contribution is -0.115.